The maximum atomic E-state index is 13.0. The number of imidazole rings is 1. The second-order valence-electron chi connectivity index (χ2n) is 4.96. The molecule has 0 aliphatic rings. The van der Waals surface area contributed by atoms with Gasteiger partial charge in [0, 0.05) is 12.2 Å². The second kappa shape index (κ2) is 6.83. The summed E-state index contributed by atoms with van der Waals surface area (Å²) in [5.74, 6) is -0.0798. The molecule has 0 spiro atoms. The van der Waals surface area contributed by atoms with E-state index in [0.29, 0.717) is 12.2 Å². The average molecular weight is 329 g/mol. The summed E-state index contributed by atoms with van der Waals surface area (Å²) in [5.41, 5.74) is 2.53. The molecule has 0 unspecified atom stereocenters. The Morgan fingerprint density at radius 1 is 1.22 bits per heavy atom. The zero-order valence-electron chi connectivity index (χ0n) is 12.6. The van der Waals surface area contributed by atoms with E-state index in [1.165, 1.54) is 23.9 Å². The van der Waals surface area contributed by atoms with Crippen molar-refractivity contribution in [3.05, 3.63) is 54.3 Å². The summed E-state index contributed by atoms with van der Waals surface area (Å²) < 4.78 is 13.0. The van der Waals surface area contributed by atoms with Gasteiger partial charge in [-0.05, 0) is 43.3 Å². The lowest BCUT2D eigenvalue weighted by atomic mass is 10.3. The van der Waals surface area contributed by atoms with Crippen LogP contribution in [0.4, 0.5) is 10.1 Å². The highest BCUT2D eigenvalue weighted by atomic mass is 32.2. The Kier molecular flexibility index (Phi) is 4.62. The smallest absolute Gasteiger partial charge is 0.237 e. The quantitative estimate of drug-likeness (QED) is 0.723. The van der Waals surface area contributed by atoms with E-state index in [9.17, 15) is 9.18 Å². The number of H-pyrrole nitrogens is 1. The Labute approximate surface area is 137 Å². The van der Waals surface area contributed by atoms with Crippen molar-refractivity contribution in [1.82, 2.24) is 9.97 Å². The van der Waals surface area contributed by atoms with Crippen molar-refractivity contribution in [2.75, 3.05) is 17.2 Å². The fraction of sp³-hybridized carbons (Fsp3) is 0.176. The molecule has 0 atom stereocenters. The lowest BCUT2D eigenvalue weighted by molar-refractivity contribution is -0.116. The lowest BCUT2D eigenvalue weighted by Crippen LogP contribution is -2.32. The number of benzene rings is 2. The second-order valence-corrected chi connectivity index (χ2v) is 5.93. The molecule has 0 aliphatic carbocycles. The Hall–Kier alpha value is -2.34. The van der Waals surface area contributed by atoms with Crippen molar-refractivity contribution in [3.8, 4) is 0 Å². The van der Waals surface area contributed by atoms with Gasteiger partial charge in [0.15, 0.2) is 5.16 Å². The number of thioether (sulfide) groups is 1. The van der Waals surface area contributed by atoms with Crippen LogP contribution in [0.1, 0.15) is 6.92 Å². The number of fused-ring (bicyclic) bond motifs is 1. The first-order chi connectivity index (χ1) is 11.2. The number of carbonyl (C=O) groups is 1. The molecule has 6 heteroatoms. The fourth-order valence-electron chi connectivity index (χ4n) is 2.33. The molecule has 1 aromatic heterocycles. The number of amides is 1. The Bertz CT molecular complexity index is 783. The van der Waals surface area contributed by atoms with E-state index >= 15 is 0 Å². The number of hydrogen-bond donors (Lipinski definition) is 1. The van der Waals surface area contributed by atoms with E-state index < -0.39 is 0 Å². The Balaban J connectivity index is 1.68. The minimum absolute atomic E-state index is 0.0374. The van der Waals surface area contributed by atoms with Crippen molar-refractivity contribution in [1.29, 1.82) is 0 Å². The summed E-state index contributed by atoms with van der Waals surface area (Å²) in [6, 6.07) is 13.7. The van der Waals surface area contributed by atoms with Crippen LogP contribution in [-0.4, -0.2) is 28.2 Å². The van der Waals surface area contributed by atoms with Gasteiger partial charge in [-0.15, -0.1) is 0 Å². The van der Waals surface area contributed by atoms with Gasteiger partial charge in [-0.1, -0.05) is 23.9 Å². The van der Waals surface area contributed by atoms with Crippen molar-refractivity contribution in [2.45, 2.75) is 12.1 Å². The van der Waals surface area contributed by atoms with E-state index in [2.05, 4.69) is 9.97 Å². The molecular weight excluding hydrogens is 313 g/mol. The third kappa shape index (κ3) is 3.53. The molecule has 1 amide bonds. The molecule has 118 valence electrons. The summed E-state index contributed by atoms with van der Waals surface area (Å²) in [4.78, 5) is 21.7. The number of para-hydroxylation sites is 2. The summed E-state index contributed by atoms with van der Waals surface area (Å²) in [6.45, 7) is 2.43. The van der Waals surface area contributed by atoms with E-state index in [0.717, 1.165) is 16.2 Å². The fourth-order valence-corrected chi connectivity index (χ4v) is 3.09. The third-order valence-electron chi connectivity index (χ3n) is 3.46. The summed E-state index contributed by atoms with van der Waals surface area (Å²) in [6.07, 6.45) is 0. The Morgan fingerprint density at radius 2 is 1.96 bits per heavy atom. The number of anilines is 1. The number of halogens is 1. The number of hydrogen-bond acceptors (Lipinski definition) is 3. The van der Waals surface area contributed by atoms with Gasteiger partial charge in [-0.2, -0.15) is 0 Å². The minimum Gasteiger partial charge on any atom is -0.333 e. The topological polar surface area (TPSA) is 49.0 Å². The third-order valence-corrected chi connectivity index (χ3v) is 4.31. The van der Waals surface area contributed by atoms with Crippen LogP contribution < -0.4 is 4.90 Å². The molecule has 0 saturated carbocycles. The van der Waals surface area contributed by atoms with Crippen LogP contribution in [0.15, 0.2) is 53.7 Å². The van der Waals surface area contributed by atoms with E-state index in [4.69, 9.17) is 0 Å². The molecule has 0 radical (unpaired) electrons. The molecule has 23 heavy (non-hydrogen) atoms. The van der Waals surface area contributed by atoms with Gasteiger partial charge in [0.2, 0.25) is 5.91 Å². The van der Waals surface area contributed by atoms with Gasteiger partial charge < -0.3 is 9.88 Å². The largest absolute Gasteiger partial charge is 0.333 e. The summed E-state index contributed by atoms with van der Waals surface area (Å²) in [5, 5.41) is 0.717. The van der Waals surface area contributed by atoms with Gasteiger partial charge in [0.05, 0.1) is 16.8 Å². The highest BCUT2D eigenvalue weighted by Crippen LogP contribution is 2.21. The van der Waals surface area contributed by atoms with Crippen molar-refractivity contribution in [3.63, 3.8) is 0 Å². The number of nitrogens with zero attached hydrogens (tertiary/aromatic N) is 2. The zero-order chi connectivity index (χ0) is 16.2. The van der Waals surface area contributed by atoms with Crippen LogP contribution in [0.5, 0.6) is 0 Å². The average Bonchev–Trinajstić information content (AvgIpc) is 2.98. The highest BCUT2D eigenvalue weighted by molar-refractivity contribution is 7.99. The molecule has 3 rings (SSSR count). The van der Waals surface area contributed by atoms with Gasteiger partial charge in [0.25, 0.3) is 0 Å². The SMILES string of the molecule is CCN(C(=O)CSc1nc2ccccc2[nH]1)c1ccc(F)cc1. The molecule has 4 nitrogen and oxygen atoms in total. The molecular formula is C17H16FN3OS. The molecule has 0 fully saturated rings. The molecule has 0 saturated heterocycles. The molecule has 3 aromatic rings. The number of carbonyl (C=O) groups excluding carboxylic acids is 1. The molecule has 0 bridgehead atoms. The predicted molar refractivity (Wildman–Crippen MR) is 91.2 cm³/mol. The minimum atomic E-state index is -0.311. The highest BCUT2D eigenvalue weighted by Gasteiger charge is 2.15. The summed E-state index contributed by atoms with van der Waals surface area (Å²) in [7, 11) is 0. The van der Waals surface area contributed by atoms with Crippen LogP contribution in [0.3, 0.4) is 0 Å². The van der Waals surface area contributed by atoms with E-state index in [1.54, 1.807) is 17.0 Å². The van der Waals surface area contributed by atoms with Crippen LogP contribution in [0, 0.1) is 5.82 Å². The molecule has 2 aromatic carbocycles. The van der Waals surface area contributed by atoms with E-state index in [-0.39, 0.29) is 17.5 Å². The molecule has 0 aliphatic heterocycles. The standard InChI is InChI=1S/C17H16FN3OS/c1-2-21(13-9-7-12(18)8-10-13)16(22)11-23-17-19-14-5-3-4-6-15(14)20-17/h3-10H,2,11H2,1H3,(H,19,20). The Morgan fingerprint density at radius 3 is 2.65 bits per heavy atom. The van der Waals surface area contributed by atoms with Crippen LogP contribution in [-0.2, 0) is 4.79 Å². The van der Waals surface area contributed by atoms with Crippen molar-refractivity contribution >= 4 is 34.4 Å². The van der Waals surface area contributed by atoms with Crippen LogP contribution >= 0.6 is 11.8 Å². The number of aromatic nitrogens is 2. The van der Waals surface area contributed by atoms with E-state index in [1.807, 2.05) is 31.2 Å². The van der Waals surface area contributed by atoms with Crippen molar-refractivity contribution in [2.24, 2.45) is 0 Å². The first-order valence-electron chi connectivity index (χ1n) is 7.31. The first-order valence-corrected chi connectivity index (χ1v) is 8.29. The lowest BCUT2D eigenvalue weighted by Gasteiger charge is -2.20. The zero-order valence-corrected chi connectivity index (χ0v) is 13.4. The van der Waals surface area contributed by atoms with Gasteiger partial charge >= 0.3 is 0 Å². The number of rotatable bonds is 5. The maximum Gasteiger partial charge on any atom is 0.237 e. The predicted octanol–water partition coefficient (Wildman–Crippen LogP) is 3.85. The van der Waals surface area contributed by atoms with Gasteiger partial charge in [-0.3, -0.25) is 4.79 Å². The molecule has 1 N–H and O–H groups in total. The molecule has 1 heterocycles. The normalized spacial score (nSPS) is 10.9. The van der Waals surface area contributed by atoms with Crippen LogP contribution in [0.2, 0.25) is 0 Å². The van der Waals surface area contributed by atoms with Crippen molar-refractivity contribution < 1.29 is 9.18 Å². The number of aromatic amines is 1. The van der Waals surface area contributed by atoms with Gasteiger partial charge in [0.1, 0.15) is 5.82 Å². The number of nitrogens with one attached hydrogen (secondary N) is 1. The monoisotopic (exact) mass is 329 g/mol. The van der Waals surface area contributed by atoms with Crippen LogP contribution in [0.25, 0.3) is 11.0 Å². The first kappa shape index (κ1) is 15.6. The summed E-state index contributed by atoms with van der Waals surface area (Å²) >= 11 is 1.36. The maximum absolute atomic E-state index is 13.0. The van der Waals surface area contributed by atoms with Gasteiger partial charge in [-0.25, -0.2) is 9.37 Å².